The summed E-state index contributed by atoms with van der Waals surface area (Å²) in [5.41, 5.74) is 0.447. The van der Waals surface area contributed by atoms with Gasteiger partial charge in [-0.05, 0) is 12.1 Å². The second-order valence-corrected chi connectivity index (χ2v) is 4.50. The van der Waals surface area contributed by atoms with Gasteiger partial charge >= 0.3 is 11.9 Å². The highest BCUT2D eigenvalue weighted by Crippen LogP contribution is 2.22. The van der Waals surface area contributed by atoms with Crippen molar-refractivity contribution in [1.82, 2.24) is 0 Å². The topological polar surface area (TPSA) is 82.1 Å². The first kappa shape index (κ1) is 14.5. The summed E-state index contributed by atoms with van der Waals surface area (Å²) in [4.78, 5) is 22.5. The molecule has 108 valence electrons. The quantitative estimate of drug-likeness (QED) is 0.825. The Morgan fingerprint density at radius 3 is 2.70 bits per heavy atom. The standard InChI is InChI=1S/C14H16O6/c1-9(15)19-12-7-11(20-14(12)17)8-18-13(16)10-5-3-2-4-6-10/h2-6,11-12,14,17H,7-8H2,1H3/t11-,12+,14-/m0/s1. The van der Waals surface area contributed by atoms with Gasteiger partial charge in [0.1, 0.15) is 6.61 Å². The molecule has 6 nitrogen and oxygen atoms in total. The minimum atomic E-state index is -1.18. The zero-order valence-corrected chi connectivity index (χ0v) is 11.0. The van der Waals surface area contributed by atoms with Crippen LogP contribution in [0.3, 0.4) is 0 Å². The molecule has 1 heterocycles. The first-order valence-corrected chi connectivity index (χ1v) is 6.29. The Morgan fingerprint density at radius 1 is 1.35 bits per heavy atom. The molecule has 0 radical (unpaired) electrons. The molecule has 0 saturated carbocycles. The highest BCUT2D eigenvalue weighted by molar-refractivity contribution is 5.89. The maximum absolute atomic E-state index is 11.7. The van der Waals surface area contributed by atoms with E-state index in [-0.39, 0.29) is 6.61 Å². The van der Waals surface area contributed by atoms with Crippen LogP contribution in [0.25, 0.3) is 0 Å². The van der Waals surface area contributed by atoms with E-state index < -0.39 is 30.4 Å². The average Bonchev–Trinajstić information content (AvgIpc) is 2.77. The van der Waals surface area contributed by atoms with Crippen LogP contribution in [0.2, 0.25) is 0 Å². The number of carbonyl (C=O) groups excluding carboxylic acids is 2. The van der Waals surface area contributed by atoms with Crippen LogP contribution in [-0.2, 0) is 19.0 Å². The van der Waals surface area contributed by atoms with Gasteiger partial charge in [0.05, 0.1) is 11.7 Å². The fourth-order valence-corrected chi connectivity index (χ4v) is 1.97. The number of rotatable bonds is 4. The van der Waals surface area contributed by atoms with Gasteiger partial charge < -0.3 is 19.3 Å². The van der Waals surface area contributed by atoms with Crippen molar-refractivity contribution in [3.63, 3.8) is 0 Å². The molecule has 0 unspecified atom stereocenters. The molecular formula is C14H16O6. The molecule has 0 bridgehead atoms. The highest BCUT2D eigenvalue weighted by atomic mass is 16.7. The van der Waals surface area contributed by atoms with E-state index in [9.17, 15) is 14.7 Å². The number of hydrogen-bond acceptors (Lipinski definition) is 6. The van der Waals surface area contributed by atoms with Crippen molar-refractivity contribution in [3.8, 4) is 0 Å². The second-order valence-electron chi connectivity index (χ2n) is 4.50. The summed E-state index contributed by atoms with van der Waals surface area (Å²) in [6.07, 6.45) is -2.09. The molecule has 1 saturated heterocycles. The number of benzene rings is 1. The Bertz CT molecular complexity index is 472. The molecule has 1 aromatic carbocycles. The van der Waals surface area contributed by atoms with Crippen LogP contribution < -0.4 is 0 Å². The molecule has 1 fully saturated rings. The zero-order valence-electron chi connectivity index (χ0n) is 11.0. The van der Waals surface area contributed by atoms with Gasteiger partial charge in [0.2, 0.25) is 0 Å². The number of ether oxygens (including phenoxy) is 3. The molecule has 2 rings (SSSR count). The Balaban J connectivity index is 1.81. The first-order valence-electron chi connectivity index (χ1n) is 6.29. The molecule has 1 aliphatic heterocycles. The lowest BCUT2D eigenvalue weighted by Crippen LogP contribution is -2.25. The third-order valence-corrected chi connectivity index (χ3v) is 2.87. The average molecular weight is 280 g/mol. The fourth-order valence-electron chi connectivity index (χ4n) is 1.97. The van der Waals surface area contributed by atoms with Gasteiger partial charge in [-0.3, -0.25) is 4.79 Å². The van der Waals surface area contributed by atoms with Crippen LogP contribution in [0.4, 0.5) is 0 Å². The van der Waals surface area contributed by atoms with Gasteiger partial charge in [-0.25, -0.2) is 4.79 Å². The molecule has 3 atom stereocenters. The van der Waals surface area contributed by atoms with Crippen molar-refractivity contribution < 1.29 is 28.9 Å². The van der Waals surface area contributed by atoms with E-state index in [2.05, 4.69) is 0 Å². The Morgan fingerprint density at radius 2 is 2.05 bits per heavy atom. The summed E-state index contributed by atoms with van der Waals surface area (Å²) < 4.78 is 15.2. The molecule has 1 aromatic rings. The number of aliphatic hydroxyl groups is 1. The Hall–Kier alpha value is -1.92. The lowest BCUT2D eigenvalue weighted by Gasteiger charge is -2.11. The third kappa shape index (κ3) is 3.79. The first-order chi connectivity index (χ1) is 9.56. The summed E-state index contributed by atoms with van der Waals surface area (Å²) in [5, 5.41) is 9.55. The van der Waals surface area contributed by atoms with Crippen LogP contribution in [-0.4, -0.2) is 42.1 Å². The number of hydrogen-bond donors (Lipinski definition) is 1. The molecular weight excluding hydrogens is 264 g/mol. The van der Waals surface area contributed by atoms with Crippen LogP contribution in [0.5, 0.6) is 0 Å². The highest BCUT2D eigenvalue weighted by Gasteiger charge is 2.36. The minimum absolute atomic E-state index is 0.00253. The number of aliphatic hydroxyl groups excluding tert-OH is 1. The van der Waals surface area contributed by atoms with E-state index >= 15 is 0 Å². The summed E-state index contributed by atoms with van der Waals surface area (Å²) >= 11 is 0. The summed E-state index contributed by atoms with van der Waals surface area (Å²) in [7, 11) is 0. The largest absolute Gasteiger partial charge is 0.459 e. The van der Waals surface area contributed by atoms with Crippen LogP contribution in [0.15, 0.2) is 30.3 Å². The summed E-state index contributed by atoms with van der Waals surface area (Å²) in [5.74, 6) is -0.945. The van der Waals surface area contributed by atoms with E-state index in [4.69, 9.17) is 14.2 Å². The van der Waals surface area contributed by atoms with E-state index in [0.29, 0.717) is 12.0 Å². The van der Waals surface area contributed by atoms with Crippen LogP contribution in [0, 0.1) is 0 Å². The maximum Gasteiger partial charge on any atom is 0.338 e. The van der Waals surface area contributed by atoms with Crippen molar-refractivity contribution in [1.29, 1.82) is 0 Å². The summed E-state index contributed by atoms with van der Waals surface area (Å²) in [6.45, 7) is 1.26. The van der Waals surface area contributed by atoms with Gasteiger partial charge in [0.15, 0.2) is 12.4 Å². The van der Waals surface area contributed by atoms with Crippen molar-refractivity contribution >= 4 is 11.9 Å². The molecule has 6 heteroatoms. The Labute approximate surface area is 116 Å². The molecule has 0 aromatic heterocycles. The molecule has 0 spiro atoms. The lowest BCUT2D eigenvalue weighted by molar-refractivity contribution is -0.168. The molecule has 0 amide bonds. The normalized spacial score (nSPS) is 25.2. The van der Waals surface area contributed by atoms with Crippen molar-refractivity contribution in [2.75, 3.05) is 6.61 Å². The van der Waals surface area contributed by atoms with Crippen molar-refractivity contribution in [2.45, 2.75) is 31.8 Å². The van der Waals surface area contributed by atoms with Gasteiger partial charge in [-0.15, -0.1) is 0 Å². The predicted molar refractivity (Wildman–Crippen MR) is 67.8 cm³/mol. The molecule has 20 heavy (non-hydrogen) atoms. The van der Waals surface area contributed by atoms with E-state index in [1.165, 1.54) is 6.92 Å². The van der Waals surface area contributed by atoms with Gasteiger partial charge in [0, 0.05) is 13.3 Å². The van der Waals surface area contributed by atoms with Crippen molar-refractivity contribution in [3.05, 3.63) is 35.9 Å². The van der Waals surface area contributed by atoms with Crippen LogP contribution >= 0.6 is 0 Å². The lowest BCUT2D eigenvalue weighted by atomic mass is 10.2. The van der Waals surface area contributed by atoms with E-state index in [1.807, 2.05) is 0 Å². The number of esters is 2. The smallest absolute Gasteiger partial charge is 0.338 e. The van der Waals surface area contributed by atoms with Gasteiger partial charge in [0.25, 0.3) is 0 Å². The van der Waals surface area contributed by atoms with Gasteiger partial charge in [-0.1, -0.05) is 18.2 Å². The van der Waals surface area contributed by atoms with Crippen molar-refractivity contribution in [2.24, 2.45) is 0 Å². The minimum Gasteiger partial charge on any atom is -0.459 e. The predicted octanol–water partition coefficient (Wildman–Crippen LogP) is 0.882. The zero-order chi connectivity index (χ0) is 14.5. The van der Waals surface area contributed by atoms with E-state index in [0.717, 1.165) is 0 Å². The maximum atomic E-state index is 11.7. The SMILES string of the molecule is CC(=O)O[C@@H]1C[C@@H](COC(=O)c2ccccc2)O[C@@H]1O. The Kier molecular flexibility index (Phi) is 4.70. The van der Waals surface area contributed by atoms with Crippen LogP contribution in [0.1, 0.15) is 23.7 Å². The van der Waals surface area contributed by atoms with E-state index in [1.54, 1.807) is 30.3 Å². The molecule has 1 aliphatic rings. The monoisotopic (exact) mass is 280 g/mol. The van der Waals surface area contributed by atoms with Gasteiger partial charge in [-0.2, -0.15) is 0 Å². The second kappa shape index (κ2) is 6.49. The molecule has 1 N–H and O–H groups in total. The summed E-state index contributed by atoms with van der Waals surface area (Å²) in [6, 6.07) is 8.58. The number of carbonyl (C=O) groups is 2. The third-order valence-electron chi connectivity index (χ3n) is 2.87. The molecule has 0 aliphatic carbocycles. The fraction of sp³-hybridized carbons (Fsp3) is 0.429.